The van der Waals surface area contributed by atoms with Crippen molar-refractivity contribution < 1.29 is 4.79 Å². The minimum Gasteiger partial charge on any atom is -0.335 e. The van der Waals surface area contributed by atoms with E-state index >= 15 is 0 Å². The summed E-state index contributed by atoms with van der Waals surface area (Å²) in [5.41, 5.74) is 4.22. The van der Waals surface area contributed by atoms with E-state index in [9.17, 15) is 4.79 Å². The molecule has 152 valence electrons. The molecule has 0 aliphatic carbocycles. The predicted octanol–water partition coefficient (Wildman–Crippen LogP) is 3.13. The zero-order valence-electron chi connectivity index (χ0n) is 16.9. The summed E-state index contributed by atoms with van der Waals surface area (Å²) in [4.78, 5) is 28.5. The van der Waals surface area contributed by atoms with Crippen LogP contribution in [0.5, 0.6) is 0 Å². The van der Waals surface area contributed by atoms with Crippen molar-refractivity contribution in [3.05, 3.63) is 83.7 Å². The largest absolute Gasteiger partial charge is 0.335 e. The van der Waals surface area contributed by atoms with E-state index in [0.717, 1.165) is 51.4 Å². The lowest BCUT2D eigenvalue weighted by atomic mass is 10.2. The van der Waals surface area contributed by atoms with Crippen LogP contribution in [0.1, 0.15) is 21.6 Å². The molecule has 0 atom stereocenters. The van der Waals surface area contributed by atoms with Gasteiger partial charge in [-0.2, -0.15) is 0 Å². The molecule has 0 spiro atoms. The molecule has 1 aromatic heterocycles. The number of carbonyl (C=O) groups excluding carboxylic acids is 1. The van der Waals surface area contributed by atoms with Crippen LogP contribution in [0.3, 0.4) is 0 Å². The molecule has 6 heteroatoms. The molecule has 0 unspecified atom stereocenters. The van der Waals surface area contributed by atoms with E-state index in [0.29, 0.717) is 11.6 Å². The van der Waals surface area contributed by atoms with Crippen molar-refractivity contribution in [2.75, 3.05) is 37.6 Å². The molecule has 30 heavy (non-hydrogen) atoms. The number of rotatable bonds is 4. The molecule has 2 aliphatic heterocycles. The fraction of sp³-hybridized carbons (Fsp3) is 0.292. The second-order valence-electron chi connectivity index (χ2n) is 7.83. The maximum absolute atomic E-state index is 13.1. The summed E-state index contributed by atoms with van der Waals surface area (Å²) in [6, 6.07) is 20.5. The van der Waals surface area contributed by atoms with Gasteiger partial charge in [-0.15, -0.1) is 0 Å². The molecule has 2 aromatic carbocycles. The van der Waals surface area contributed by atoms with Gasteiger partial charge >= 0.3 is 0 Å². The zero-order chi connectivity index (χ0) is 20.3. The third kappa shape index (κ3) is 3.78. The predicted molar refractivity (Wildman–Crippen MR) is 117 cm³/mol. The Labute approximate surface area is 176 Å². The molecule has 2 aliphatic rings. The molecule has 5 rings (SSSR count). The molecule has 3 aromatic rings. The quantitative estimate of drug-likeness (QED) is 0.675. The summed E-state index contributed by atoms with van der Waals surface area (Å²) in [6.07, 6.45) is 2.67. The molecule has 1 saturated heterocycles. The van der Waals surface area contributed by atoms with Crippen molar-refractivity contribution in [1.82, 2.24) is 19.8 Å². The van der Waals surface area contributed by atoms with Crippen LogP contribution < -0.4 is 4.90 Å². The first-order valence-electron chi connectivity index (χ1n) is 10.5. The molecular formula is C24H25N5O. The van der Waals surface area contributed by atoms with Crippen LogP contribution >= 0.6 is 0 Å². The summed E-state index contributed by atoms with van der Waals surface area (Å²) < 4.78 is 0. The van der Waals surface area contributed by atoms with Gasteiger partial charge in [0.05, 0.1) is 0 Å². The van der Waals surface area contributed by atoms with Gasteiger partial charge < -0.3 is 9.80 Å². The first-order chi connectivity index (χ1) is 14.8. The van der Waals surface area contributed by atoms with Crippen molar-refractivity contribution in [3.63, 3.8) is 0 Å². The number of benzene rings is 2. The Kier molecular flexibility index (Phi) is 5.15. The van der Waals surface area contributed by atoms with E-state index in [4.69, 9.17) is 0 Å². The molecule has 0 radical (unpaired) electrons. The Morgan fingerprint density at radius 1 is 0.867 bits per heavy atom. The smallest absolute Gasteiger partial charge is 0.272 e. The highest BCUT2D eigenvalue weighted by atomic mass is 16.2. The standard InChI is InChI=1S/C24H25N5O/c30-23(28-16-14-27(15-17-28)18-19-6-2-1-3-7-19)21-10-12-25-24(26-21)29-13-11-20-8-4-5-9-22(20)29/h1-10,12H,11,13-18H2. The molecule has 3 heterocycles. The maximum atomic E-state index is 13.1. The number of piperazine rings is 1. The molecule has 0 bridgehead atoms. The number of para-hydroxylation sites is 1. The van der Waals surface area contributed by atoms with Crippen molar-refractivity contribution in [2.45, 2.75) is 13.0 Å². The molecule has 0 N–H and O–H groups in total. The van der Waals surface area contributed by atoms with Crippen molar-refractivity contribution >= 4 is 17.5 Å². The van der Waals surface area contributed by atoms with Crippen LogP contribution in [0.2, 0.25) is 0 Å². The van der Waals surface area contributed by atoms with Crippen LogP contribution in [0.4, 0.5) is 11.6 Å². The normalized spacial score (nSPS) is 16.5. The van der Waals surface area contributed by atoms with E-state index in [2.05, 4.69) is 62.2 Å². The Balaban J connectivity index is 1.25. The Morgan fingerprint density at radius 2 is 1.63 bits per heavy atom. The molecule has 1 fully saturated rings. The molecule has 6 nitrogen and oxygen atoms in total. The lowest BCUT2D eigenvalue weighted by Crippen LogP contribution is -2.48. The van der Waals surface area contributed by atoms with Crippen molar-refractivity contribution in [3.8, 4) is 0 Å². The van der Waals surface area contributed by atoms with Gasteiger partial charge in [0.1, 0.15) is 5.69 Å². The summed E-state index contributed by atoms with van der Waals surface area (Å²) in [7, 11) is 0. The number of hydrogen-bond acceptors (Lipinski definition) is 5. The van der Waals surface area contributed by atoms with Gasteiger partial charge in [-0.05, 0) is 29.7 Å². The molecular weight excluding hydrogens is 374 g/mol. The zero-order valence-corrected chi connectivity index (χ0v) is 16.9. The Hall–Kier alpha value is -3.25. The highest BCUT2D eigenvalue weighted by molar-refractivity contribution is 5.92. The van der Waals surface area contributed by atoms with Gasteiger partial charge in [-0.3, -0.25) is 9.69 Å². The fourth-order valence-electron chi connectivity index (χ4n) is 4.26. The van der Waals surface area contributed by atoms with Gasteiger partial charge in [0, 0.05) is 51.2 Å². The Morgan fingerprint density at radius 3 is 2.47 bits per heavy atom. The average Bonchev–Trinajstić information content (AvgIpc) is 3.24. The van der Waals surface area contributed by atoms with Gasteiger partial charge in [-0.25, -0.2) is 9.97 Å². The van der Waals surface area contributed by atoms with Gasteiger partial charge in [0.25, 0.3) is 5.91 Å². The number of aromatic nitrogens is 2. The summed E-state index contributed by atoms with van der Waals surface area (Å²) >= 11 is 0. The monoisotopic (exact) mass is 399 g/mol. The van der Waals surface area contributed by atoms with Crippen LogP contribution in [0, 0.1) is 0 Å². The van der Waals surface area contributed by atoms with E-state index in [1.54, 1.807) is 12.3 Å². The molecule has 1 amide bonds. The summed E-state index contributed by atoms with van der Waals surface area (Å²) in [5.74, 6) is 0.596. The third-order valence-electron chi connectivity index (χ3n) is 5.90. The maximum Gasteiger partial charge on any atom is 0.272 e. The van der Waals surface area contributed by atoms with Crippen LogP contribution in [-0.2, 0) is 13.0 Å². The first-order valence-corrected chi connectivity index (χ1v) is 10.5. The van der Waals surface area contributed by atoms with Crippen molar-refractivity contribution in [1.29, 1.82) is 0 Å². The Bertz CT molecular complexity index is 1030. The number of anilines is 2. The third-order valence-corrected chi connectivity index (χ3v) is 5.90. The van der Waals surface area contributed by atoms with Crippen LogP contribution in [0.15, 0.2) is 66.9 Å². The number of amides is 1. The van der Waals surface area contributed by atoms with E-state index in [1.165, 1.54) is 11.1 Å². The number of fused-ring (bicyclic) bond motifs is 1. The van der Waals surface area contributed by atoms with Gasteiger partial charge in [0.2, 0.25) is 5.95 Å². The highest BCUT2D eigenvalue weighted by Crippen LogP contribution is 2.32. The van der Waals surface area contributed by atoms with E-state index in [1.807, 2.05) is 17.0 Å². The highest BCUT2D eigenvalue weighted by Gasteiger charge is 2.26. The number of nitrogens with zero attached hydrogens (tertiary/aromatic N) is 5. The van der Waals surface area contributed by atoms with E-state index < -0.39 is 0 Å². The minimum atomic E-state index is -0.00880. The SMILES string of the molecule is O=C(c1ccnc(N2CCc3ccccc32)n1)N1CCN(Cc2ccccc2)CC1. The summed E-state index contributed by atoms with van der Waals surface area (Å²) in [5, 5.41) is 0. The van der Waals surface area contributed by atoms with Crippen molar-refractivity contribution in [2.24, 2.45) is 0 Å². The number of hydrogen-bond donors (Lipinski definition) is 0. The van der Waals surface area contributed by atoms with E-state index in [-0.39, 0.29) is 5.91 Å². The minimum absolute atomic E-state index is 0.00880. The molecule has 0 saturated carbocycles. The summed E-state index contributed by atoms with van der Waals surface area (Å²) in [6.45, 7) is 4.95. The second-order valence-corrected chi connectivity index (χ2v) is 7.83. The van der Waals surface area contributed by atoms with Crippen LogP contribution in [0.25, 0.3) is 0 Å². The lowest BCUT2D eigenvalue weighted by molar-refractivity contribution is 0.0622. The number of carbonyl (C=O) groups is 1. The van der Waals surface area contributed by atoms with Gasteiger partial charge in [0.15, 0.2) is 0 Å². The van der Waals surface area contributed by atoms with Gasteiger partial charge in [-0.1, -0.05) is 48.5 Å². The second kappa shape index (κ2) is 8.24. The first kappa shape index (κ1) is 18.8. The van der Waals surface area contributed by atoms with Crippen LogP contribution in [-0.4, -0.2) is 58.4 Å². The topological polar surface area (TPSA) is 52.6 Å². The average molecular weight is 399 g/mol. The fourth-order valence-corrected chi connectivity index (χ4v) is 4.26. The lowest BCUT2D eigenvalue weighted by Gasteiger charge is -2.34.